The number of piperidine rings is 1. The van der Waals surface area contributed by atoms with Crippen LogP contribution >= 0.6 is 0 Å². The van der Waals surface area contributed by atoms with E-state index in [0.29, 0.717) is 5.69 Å². The van der Waals surface area contributed by atoms with Gasteiger partial charge in [-0.2, -0.15) is 0 Å². The summed E-state index contributed by atoms with van der Waals surface area (Å²) >= 11 is 0. The summed E-state index contributed by atoms with van der Waals surface area (Å²) in [5, 5.41) is 14.3. The number of nitrogens with one attached hydrogen (secondary N) is 2. The molecule has 2 heterocycles. The van der Waals surface area contributed by atoms with Crippen LogP contribution in [0.25, 0.3) is 5.69 Å². The fourth-order valence-corrected chi connectivity index (χ4v) is 2.50. The second-order valence-corrected chi connectivity index (χ2v) is 5.40. The van der Waals surface area contributed by atoms with Crippen LogP contribution < -0.4 is 10.6 Å². The lowest BCUT2D eigenvalue weighted by molar-refractivity contribution is 0.0925. The minimum Gasteiger partial charge on any atom is -0.347 e. The maximum absolute atomic E-state index is 12.2. The summed E-state index contributed by atoms with van der Waals surface area (Å²) in [7, 11) is 0. The van der Waals surface area contributed by atoms with Crippen molar-refractivity contribution >= 4 is 5.91 Å². The number of rotatable bonds is 3. The van der Waals surface area contributed by atoms with Gasteiger partial charge in [0, 0.05) is 12.6 Å². The van der Waals surface area contributed by atoms with E-state index in [1.807, 2.05) is 31.2 Å². The van der Waals surface area contributed by atoms with Crippen molar-refractivity contribution in [1.82, 2.24) is 25.6 Å². The van der Waals surface area contributed by atoms with Gasteiger partial charge < -0.3 is 10.6 Å². The van der Waals surface area contributed by atoms with Gasteiger partial charge in [0.05, 0.1) is 11.9 Å². The molecule has 21 heavy (non-hydrogen) atoms. The Labute approximate surface area is 123 Å². The number of aromatic nitrogens is 3. The highest BCUT2D eigenvalue weighted by molar-refractivity contribution is 5.92. The zero-order chi connectivity index (χ0) is 14.7. The van der Waals surface area contributed by atoms with Crippen LogP contribution in [0.4, 0.5) is 0 Å². The lowest BCUT2D eigenvalue weighted by Gasteiger charge is -2.23. The molecule has 1 unspecified atom stereocenters. The summed E-state index contributed by atoms with van der Waals surface area (Å²) in [6.07, 6.45) is 3.76. The highest BCUT2D eigenvalue weighted by Crippen LogP contribution is 2.09. The van der Waals surface area contributed by atoms with Crippen molar-refractivity contribution in [3.05, 3.63) is 41.7 Å². The third kappa shape index (κ3) is 3.28. The molecule has 2 N–H and O–H groups in total. The molecule has 1 aliphatic heterocycles. The molecule has 0 spiro atoms. The van der Waals surface area contributed by atoms with E-state index in [0.717, 1.165) is 37.2 Å². The third-order valence-electron chi connectivity index (χ3n) is 3.62. The number of carbonyl (C=O) groups excluding carboxylic acids is 1. The van der Waals surface area contributed by atoms with E-state index >= 15 is 0 Å². The molecule has 1 amide bonds. The summed E-state index contributed by atoms with van der Waals surface area (Å²) in [5.41, 5.74) is 2.39. The molecule has 0 bridgehead atoms. The lowest BCUT2D eigenvalue weighted by Crippen LogP contribution is -2.45. The summed E-state index contributed by atoms with van der Waals surface area (Å²) in [6.45, 7) is 3.86. The molecule has 6 nitrogen and oxygen atoms in total. The van der Waals surface area contributed by atoms with E-state index in [2.05, 4.69) is 20.9 Å². The molecule has 2 aromatic rings. The first-order chi connectivity index (χ1) is 10.2. The van der Waals surface area contributed by atoms with Gasteiger partial charge >= 0.3 is 0 Å². The van der Waals surface area contributed by atoms with Crippen LogP contribution in [0.3, 0.4) is 0 Å². The second-order valence-electron chi connectivity index (χ2n) is 5.40. The number of amides is 1. The molecule has 1 aliphatic rings. The van der Waals surface area contributed by atoms with Crippen molar-refractivity contribution < 1.29 is 4.79 Å². The van der Waals surface area contributed by atoms with Gasteiger partial charge in [0.25, 0.3) is 5.91 Å². The lowest BCUT2D eigenvalue weighted by atomic mass is 10.1. The average molecular weight is 285 g/mol. The van der Waals surface area contributed by atoms with E-state index in [1.165, 1.54) is 0 Å². The molecule has 1 aromatic heterocycles. The molecule has 0 aliphatic carbocycles. The third-order valence-corrected chi connectivity index (χ3v) is 3.62. The Morgan fingerprint density at radius 3 is 3.14 bits per heavy atom. The zero-order valence-corrected chi connectivity index (χ0v) is 12.0. The van der Waals surface area contributed by atoms with Crippen molar-refractivity contribution in [2.45, 2.75) is 25.8 Å². The predicted molar refractivity (Wildman–Crippen MR) is 79.5 cm³/mol. The van der Waals surface area contributed by atoms with Gasteiger partial charge in [-0.3, -0.25) is 4.79 Å². The number of hydrogen-bond donors (Lipinski definition) is 2. The fraction of sp³-hybridized carbons (Fsp3) is 0.400. The molecule has 1 aromatic carbocycles. The molecule has 1 fully saturated rings. The molecular weight excluding hydrogens is 266 g/mol. The van der Waals surface area contributed by atoms with Gasteiger partial charge in [-0.25, -0.2) is 4.68 Å². The normalized spacial score (nSPS) is 18.4. The van der Waals surface area contributed by atoms with E-state index in [9.17, 15) is 4.79 Å². The minimum absolute atomic E-state index is 0.164. The average Bonchev–Trinajstić information content (AvgIpc) is 2.98. The Bertz CT molecular complexity index is 630. The van der Waals surface area contributed by atoms with Crippen LogP contribution in [-0.2, 0) is 0 Å². The number of carbonyl (C=O) groups is 1. The van der Waals surface area contributed by atoms with Crippen LogP contribution in [0, 0.1) is 6.92 Å². The van der Waals surface area contributed by atoms with Crippen molar-refractivity contribution in [2.75, 3.05) is 13.1 Å². The monoisotopic (exact) mass is 285 g/mol. The summed E-state index contributed by atoms with van der Waals surface area (Å²) < 4.78 is 1.63. The SMILES string of the molecule is Cc1cccc(-n2cc(C(=O)NC3CCCNC3)nn2)c1. The Morgan fingerprint density at radius 1 is 1.48 bits per heavy atom. The van der Waals surface area contributed by atoms with E-state index in [-0.39, 0.29) is 11.9 Å². The standard InChI is InChI=1S/C15H19N5O/c1-11-4-2-6-13(8-11)20-10-14(18-19-20)15(21)17-12-5-3-7-16-9-12/h2,4,6,8,10,12,16H,3,5,7,9H2,1H3,(H,17,21). The fourth-order valence-electron chi connectivity index (χ4n) is 2.50. The van der Waals surface area contributed by atoms with Crippen LogP contribution in [0.5, 0.6) is 0 Å². The quantitative estimate of drug-likeness (QED) is 0.884. The highest BCUT2D eigenvalue weighted by atomic mass is 16.2. The largest absolute Gasteiger partial charge is 0.347 e. The number of aryl methyl sites for hydroxylation is 1. The van der Waals surface area contributed by atoms with Gasteiger partial charge in [-0.15, -0.1) is 5.10 Å². The van der Waals surface area contributed by atoms with Crippen LogP contribution in [-0.4, -0.2) is 40.0 Å². The number of nitrogens with zero attached hydrogens (tertiary/aromatic N) is 3. The molecule has 0 saturated carbocycles. The van der Waals surface area contributed by atoms with Gasteiger partial charge in [0.15, 0.2) is 5.69 Å². The molecule has 110 valence electrons. The Hall–Kier alpha value is -2.21. The molecule has 1 atom stereocenters. The van der Waals surface area contributed by atoms with Gasteiger partial charge in [0.1, 0.15) is 0 Å². The number of benzene rings is 1. The molecule has 6 heteroatoms. The maximum atomic E-state index is 12.2. The Morgan fingerprint density at radius 2 is 2.38 bits per heavy atom. The smallest absolute Gasteiger partial charge is 0.273 e. The second kappa shape index (κ2) is 6.05. The van der Waals surface area contributed by atoms with E-state index in [4.69, 9.17) is 0 Å². The van der Waals surface area contributed by atoms with Crippen LogP contribution in [0.1, 0.15) is 28.9 Å². The highest BCUT2D eigenvalue weighted by Gasteiger charge is 2.18. The minimum atomic E-state index is -0.164. The Balaban J connectivity index is 1.70. The van der Waals surface area contributed by atoms with Crippen LogP contribution in [0.2, 0.25) is 0 Å². The topological polar surface area (TPSA) is 71.8 Å². The Kier molecular flexibility index (Phi) is 3.96. The first kappa shape index (κ1) is 13.8. The summed E-state index contributed by atoms with van der Waals surface area (Å²) in [5.74, 6) is -0.164. The van der Waals surface area contributed by atoms with Gasteiger partial charge in [-0.05, 0) is 44.0 Å². The zero-order valence-electron chi connectivity index (χ0n) is 12.0. The van der Waals surface area contributed by atoms with Gasteiger partial charge in [-0.1, -0.05) is 17.3 Å². The van der Waals surface area contributed by atoms with Gasteiger partial charge in [0.2, 0.25) is 0 Å². The first-order valence-electron chi connectivity index (χ1n) is 7.23. The summed E-state index contributed by atoms with van der Waals surface area (Å²) in [4.78, 5) is 12.2. The van der Waals surface area contributed by atoms with Crippen molar-refractivity contribution in [1.29, 1.82) is 0 Å². The molecule has 0 radical (unpaired) electrons. The van der Waals surface area contributed by atoms with E-state index < -0.39 is 0 Å². The van der Waals surface area contributed by atoms with Crippen molar-refractivity contribution in [3.8, 4) is 5.69 Å². The number of hydrogen-bond acceptors (Lipinski definition) is 4. The van der Waals surface area contributed by atoms with E-state index in [1.54, 1.807) is 10.9 Å². The van der Waals surface area contributed by atoms with Crippen LogP contribution in [0.15, 0.2) is 30.5 Å². The first-order valence-corrected chi connectivity index (χ1v) is 7.23. The maximum Gasteiger partial charge on any atom is 0.273 e. The van der Waals surface area contributed by atoms with Crippen molar-refractivity contribution in [2.24, 2.45) is 0 Å². The molecule has 1 saturated heterocycles. The molecule has 3 rings (SSSR count). The van der Waals surface area contributed by atoms with Crippen molar-refractivity contribution in [3.63, 3.8) is 0 Å². The molecular formula is C15H19N5O. The predicted octanol–water partition coefficient (Wildman–Crippen LogP) is 1.06. The summed E-state index contributed by atoms with van der Waals surface area (Å²) in [6, 6.07) is 8.09.